The van der Waals surface area contributed by atoms with Crippen LogP contribution in [0.1, 0.15) is 11.3 Å². The summed E-state index contributed by atoms with van der Waals surface area (Å²) >= 11 is 8.09. The molecule has 0 atom stereocenters. The molecule has 0 radical (unpaired) electrons. The largest absolute Gasteiger partial charge is 0.262 e. The van der Waals surface area contributed by atoms with Gasteiger partial charge in [0.15, 0.2) is 0 Å². The summed E-state index contributed by atoms with van der Waals surface area (Å²) < 4.78 is 0. The Bertz CT molecular complexity index is 1020. The Morgan fingerprint density at radius 2 is 1.73 bits per heavy atom. The minimum atomic E-state index is 0.717. The van der Waals surface area contributed by atoms with Crippen LogP contribution in [0.15, 0.2) is 66.9 Å². The molecule has 4 rings (SSSR count). The van der Waals surface area contributed by atoms with Gasteiger partial charge in [-0.1, -0.05) is 53.6 Å². The molecule has 0 aliphatic heterocycles. The second-order valence-electron chi connectivity index (χ2n) is 6.23. The van der Waals surface area contributed by atoms with E-state index < -0.39 is 0 Å². The maximum atomic E-state index is 6.42. The summed E-state index contributed by atoms with van der Waals surface area (Å²) in [5.74, 6) is 0. The van der Waals surface area contributed by atoms with E-state index in [4.69, 9.17) is 16.6 Å². The second kappa shape index (κ2) is 7.02. The van der Waals surface area contributed by atoms with Gasteiger partial charge < -0.3 is 0 Å². The lowest BCUT2D eigenvalue weighted by Gasteiger charge is -2.04. The van der Waals surface area contributed by atoms with Gasteiger partial charge in [-0.05, 0) is 43.7 Å². The molecule has 0 bridgehead atoms. The van der Waals surface area contributed by atoms with E-state index in [1.54, 1.807) is 11.3 Å². The monoisotopic (exact) mass is 376 g/mol. The number of aromatic nitrogens is 2. The highest BCUT2D eigenvalue weighted by molar-refractivity contribution is 7.19. The molecule has 2 aromatic heterocycles. The van der Waals surface area contributed by atoms with Gasteiger partial charge in [-0.25, -0.2) is 4.98 Å². The molecule has 0 saturated carbocycles. The molecule has 2 nitrogen and oxygen atoms in total. The lowest BCUT2D eigenvalue weighted by molar-refractivity contribution is 1.20. The first-order valence-electron chi connectivity index (χ1n) is 8.37. The van der Waals surface area contributed by atoms with Gasteiger partial charge in [0.2, 0.25) is 0 Å². The fourth-order valence-electron chi connectivity index (χ4n) is 2.94. The number of benzene rings is 2. The average Bonchev–Trinajstić information content (AvgIpc) is 3.07. The molecule has 0 fully saturated rings. The number of rotatable bonds is 3. The van der Waals surface area contributed by atoms with Crippen molar-refractivity contribution in [3.63, 3.8) is 0 Å². The summed E-state index contributed by atoms with van der Waals surface area (Å²) in [5.41, 5.74) is 6.40. The summed E-state index contributed by atoms with van der Waals surface area (Å²) in [4.78, 5) is 10.4. The van der Waals surface area contributed by atoms with Crippen molar-refractivity contribution in [1.82, 2.24) is 9.97 Å². The maximum Gasteiger partial charge on any atom is 0.126 e. The molecule has 0 aliphatic carbocycles. The number of thiazole rings is 1. The third-order valence-electron chi connectivity index (χ3n) is 4.18. The standard InChI is InChI=1S/C22H17ClN2S/c1-14-6-5-7-16(12-14)20-21(17-10-11-24-15(2)13-17)26-22(25-20)18-8-3-4-9-19(18)23/h3-13H,1-2H3. The van der Waals surface area contributed by atoms with Crippen LogP contribution in [0.25, 0.3) is 32.3 Å². The number of aryl methyl sites for hydroxylation is 2. The Hall–Kier alpha value is -2.49. The quantitative estimate of drug-likeness (QED) is 0.392. The first-order chi connectivity index (χ1) is 12.6. The average molecular weight is 377 g/mol. The number of hydrogen-bond donors (Lipinski definition) is 0. The van der Waals surface area contributed by atoms with Crippen molar-refractivity contribution < 1.29 is 0 Å². The SMILES string of the molecule is Cc1cccc(-c2nc(-c3ccccc3Cl)sc2-c2ccnc(C)c2)c1. The minimum absolute atomic E-state index is 0.717. The van der Waals surface area contributed by atoms with E-state index in [9.17, 15) is 0 Å². The molecule has 26 heavy (non-hydrogen) atoms. The summed E-state index contributed by atoms with van der Waals surface area (Å²) in [6.07, 6.45) is 1.85. The number of pyridine rings is 1. The highest BCUT2D eigenvalue weighted by atomic mass is 35.5. The van der Waals surface area contributed by atoms with Crippen molar-refractivity contribution in [2.45, 2.75) is 13.8 Å². The van der Waals surface area contributed by atoms with Gasteiger partial charge in [-0.15, -0.1) is 11.3 Å². The lowest BCUT2D eigenvalue weighted by atomic mass is 10.1. The Morgan fingerprint density at radius 3 is 2.50 bits per heavy atom. The predicted molar refractivity (Wildman–Crippen MR) is 111 cm³/mol. The smallest absolute Gasteiger partial charge is 0.126 e. The van der Waals surface area contributed by atoms with E-state index in [2.05, 4.69) is 42.2 Å². The molecule has 0 N–H and O–H groups in total. The van der Waals surface area contributed by atoms with E-state index >= 15 is 0 Å². The van der Waals surface area contributed by atoms with Gasteiger partial charge in [-0.2, -0.15) is 0 Å². The van der Waals surface area contributed by atoms with Crippen LogP contribution in [0.4, 0.5) is 0 Å². The molecular weight excluding hydrogens is 360 g/mol. The van der Waals surface area contributed by atoms with E-state index in [0.717, 1.165) is 43.0 Å². The fourth-order valence-corrected chi connectivity index (χ4v) is 4.34. The van der Waals surface area contributed by atoms with E-state index in [-0.39, 0.29) is 0 Å². The molecule has 0 amide bonds. The van der Waals surface area contributed by atoms with E-state index in [1.165, 1.54) is 5.56 Å². The van der Waals surface area contributed by atoms with E-state index in [1.807, 2.05) is 43.5 Å². The molecule has 4 aromatic rings. The van der Waals surface area contributed by atoms with Crippen LogP contribution in [0.5, 0.6) is 0 Å². The fraction of sp³-hybridized carbons (Fsp3) is 0.0909. The number of halogens is 1. The Kier molecular flexibility index (Phi) is 4.58. The first-order valence-corrected chi connectivity index (χ1v) is 9.57. The normalized spacial score (nSPS) is 10.9. The molecule has 4 heteroatoms. The van der Waals surface area contributed by atoms with Crippen LogP contribution < -0.4 is 0 Å². The predicted octanol–water partition coefficient (Wildman–Crippen LogP) is 6.81. The van der Waals surface area contributed by atoms with Crippen LogP contribution in [-0.4, -0.2) is 9.97 Å². The van der Waals surface area contributed by atoms with Crippen molar-refractivity contribution in [3.8, 4) is 32.3 Å². The van der Waals surface area contributed by atoms with Gasteiger partial charge in [0.25, 0.3) is 0 Å². The third-order valence-corrected chi connectivity index (χ3v) is 5.65. The number of nitrogens with zero attached hydrogens (tertiary/aromatic N) is 2. The molecular formula is C22H17ClN2S. The molecule has 0 aliphatic rings. The Morgan fingerprint density at radius 1 is 0.885 bits per heavy atom. The van der Waals surface area contributed by atoms with Gasteiger partial charge >= 0.3 is 0 Å². The molecule has 128 valence electrons. The summed E-state index contributed by atoms with van der Waals surface area (Å²) in [5, 5.41) is 1.64. The summed E-state index contributed by atoms with van der Waals surface area (Å²) in [7, 11) is 0. The van der Waals surface area contributed by atoms with Crippen LogP contribution in [0.3, 0.4) is 0 Å². The van der Waals surface area contributed by atoms with E-state index in [0.29, 0.717) is 0 Å². The highest BCUT2D eigenvalue weighted by Gasteiger charge is 2.17. The van der Waals surface area contributed by atoms with Crippen LogP contribution in [-0.2, 0) is 0 Å². The summed E-state index contributed by atoms with van der Waals surface area (Å²) in [6, 6.07) is 20.4. The summed E-state index contributed by atoms with van der Waals surface area (Å²) in [6.45, 7) is 4.10. The molecule has 2 aromatic carbocycles. The van der Waals surface area contributed by atoms with Gasteiger partial charge in [0, 0.05) is 23.0 Å². The van der Waals surface area contributed by atoms with Gasteiger partial charge in [0.1, 0.15) is 5.01 Å². The van der Waals surface area contributed by atoms with Crippen LogP contribution in [0, 0.1) is 13.8 Å². The van der Waals surface area contributed by atoms with Crippen molar-refractivity contribution in [2.24, 2.45) is 0 Å². The van der Waals surface area contributed by atoms with Gasteiger partial charge in [-0.3, -0.25) is 4.98 Å². The zero-order valence-electron chi connectivity index (χ0n) is 14.5. The Labute approximate surface area is 162 Å². The number of hydrogen-bond acceptors (Lipinski definition) is 3. The van der Waals surface area contributed by atoms with Gasteiger partial charge in [0.05, 0.1) is 15.6 Å². The minimum Gasteiger partial charge on any atom is -0.262 e. The zero-order chi connectivity index (χ0) is 18.1. The molecule has 2 heterocycles. The molecule has 0 saturated heterocycles. The van der Waals surface area contributed by atoms with Crippen molar-refractivity contribution in [1.29, 1.82) is 0 Å². The zero-order valence-corrected chi connectivity index (χ0v) is 16.1. The first kappa shape index (κ1) is 17.0. The van der Waals surface area contributed by atoms with Crippen molar-refractivity contribution >= 4 is 22.9 Å². The van der Waals surface area contributed by atoms with Crippen molar-refractivity contribution in [3.05, 3.63) is 83.1 Å². The molecule has 0 spiro atoms. The second-order valence-corrected chi connectivity index (χ2v) is 7.64. The maximum absolute atomic E-state index is 6.42. The van der Waals surface area contributed by atoms with Crippen molar-refractivity contribution in [2.75, 3.05) is 0 Å². The van der Waals surface area contributed by atoms with Crippen LogP contribution >= 0.6 is 22.9 Å². The molecule has 0 unspecified atom stereocenters. The van der Waals surface area contributed by atoms with Crippen LogP contribution in [0.2, 0.25) is 5.02 Å². The lowest BCUT2D eigenvalue weighted by Crippen LogP contribution is -1.86. The topological polar surface area (TPSA) is 25.8 Å². The third kappa shape index (κ3) is 3.28. The Balaban J connectivity index is 1.95. The highest BCUT2D eigenvalue weighted by Crippen LogP contribution is 2.42.